The van der Waals surface area contributed by atoms with Crippen molar-refractivity contribution in [3.63, 3.8) is 0 Å². The quantitative estimate of drug-likeness (QED) is 0.893. The fraction of sp³-hybridized carbons (Fsp3) is 0.267. The summed E-state index contributed by atoms with van der Waals surface area (Å²) in [5.41, 5.74) is 6.77. The molecule has 0 aliphatic rings. The highest BCUT2D eigenvalue weighted by molar-refractivity contribution is 5.87. The summed E-state index contributed by atoms with van der Waals surface area (Å²) in [6.45, 7) is 2.33. The Hall–Kier alpha value is -2.05. The Morgan fingerprint density at radius 2 is 2.06 bits per heavy atom. The molecule has 1 atom stereocenters. The lowest BCUT2D eigenvalue weighted by Crippen LogP contribution is -2.14. The summed E-state index contributed by atoms with van der Waals surface area (Å²) in [4.78, 5) is 0. The third kappa shape index (κ3) is 2.29. The van der Waals surface area contributed by atoms with Crippen molar-refractivity contribution >= 4 is 10.8 Å². The van der Waals surface area contributed by atoms with Gasteiger partial charge in [0.15, 0.2) is 6.10 Å². The van der Waals surface area contributed by atoms with Crippen LogP contribution in [0.15, 0.2) is 36.4 Å². The van der Waals surface area contributed by atoms with Crippen LogP contribution in [0.2, 0.25) is 0 Å². The van der Waals surface area contributed by atoms with E-state index >= 15 is 0 Å². The minimum absolute atomic E-state index is 0.401. The average Bonchev–Trinajstić information content (AvgIpc) is 2.44. The lowest BCUT2D eigenvalue weighted by Gasteiger charge is -2.15. The summed E-state index contributed by atoms with van der Waals surface area (Å²) >= 11 is 0. The number of hydrogen-bond donors (Lipinski definition) is 1. The van der Waals surface area contributed by atoms with E-state index in [-0.39, 0.29) is 0 Å². The molecule has 0 spiro atoms. The molecule has 0 aliphatic carbocycles. The first-order valence-corrected chi connectivity index (χ1v) is 6.07. The van der Waals surface area contributed by atoms with E-state index < -0.39 is 6.10 Å². The molecule has 0 saturated heterocycles. The minimum Gasteiger partial charge on any atom is -0.475 e. The van der Waals surface area contributed by atoms with Crippen molar-refractivity contribution in [2.45, 2.75) is 26.0 Å². The van der Waals surface area contributed by atoms with Crippen molar-refractivity contribution in [1.29, 1.82) is 5.26 Å². The van der Waals surface area contributed by atoms with Gasteiger partial charge in [0.1, 0.15) is 11.8 Å². The predicted octanol–water partition coefficient (Wildman–Crippen LogP) is 2.98. The first-order chi connectivity index (χ1) is 8.80. The van der Waals surface area contributed by atoms with Crippen LogP contribution in [-0.2, 0) is 6.54 Å². The van der Waals surface area contributed by atoms with Crippen molar-refractivity contribution in [3.8, 4) is 11.8 Å². The zero-order valence-corrected chi connectivity index (χ0v) is 10.4. The van der Waals surface area contributed by atoms with Crippen LogP contribution in [0.4, 0.5) is 0 Å². The second-order valence-corrected chi connectivity index (χ2v) is 4.11. The number of nitriles is 1. The second kappa shape index (κ2) is 5.52. The number of nitrogens with zero attached hydrogens (tertiary/aromatic N) is 1. The molecule has 3 nitrogen and oxygen atoms in total. The lowest BCUT2D eigenvalue weighted by molar-refractivity contribution is 0.250. The molecule has 0 fully saturated rings. The Morgan fingerprint density at radius 1 is 1.28 bits per heavy atom. The normalized spacial score (nSPS) is 12.1. The monoisotopic (exact) mass is 240 g/mol. The van der Waals surface area contributed by atoms with E-state index in [9.17, 15) is 0 Å². The first-order valence-electron chi connectivity index (χ1n) is 6.07. The van der Waals surface area contributed by atoms with Gasteiger partial charge in [0, 0.05) is 12.1 Å². The molecule has 2 N–H and O–H groups in total. The van der Waals surface area contributed by atoms with E-state index in [2.05, 4.69) is 6.07 Å². The maximum Gasteiger partial charge on any atom is 0.184 e. The number of ether oxygens (including phenoxy) is 1. The Morgan fingerprint density at radius 3 is 2.72 bits per heavy atom. The van der Waals surface area contributed by atoms with Crippen LogP contribution in [0.3, 0.4) is 0 Å². The fourth-order valence-corrected chi connectivity index (χ4v) is 1.99. The summed E-state index contributed by atoms with van der Waals surface area (Å²) in [5.74, 6) is 0.713. The third-order valence-corrected chi connectivity index (χ3v) is 2.99. The van der Waals surface area contributed by atoms with Gasteiger partial charge in [-0.2, -0.15) is 5.26 Å². The van der Waals surface area contributed by atoms with Gasteiger partial charge in [0.05, 0.1) is 0 Å². The first kappa shape index (κ1) is 12.4. The van der Waals surface area contributed by atoms with Crippen LogP contribution in [0.1, 0.15) is 18.9 Å². The maximum atomic E-state index is 8.96. The third-order valence-electron chi connectivity index (χ3n) is 2.99. The molecule has 0 bridgehead atoms. The number of hydrogen-bond acceptors (Lipinski definition) is 3. The molecule has 0 radical (unpaired) electrons. The predicted molar refractivity (Wildman–Crippen MR) is 72.2 cm³/mol. The summed E-state index contributed by atoms with van der Waals surface area (Å²) in [6, 6.07) is 14.1. The Bertz CT molecular complexity index is 587. The van der Waals surface area contributed by atoms with Crippen molar-refractivity contribution in [1.82, 2.24) is 0 Å². The highest BCUT2D eigenvalue weighted by atomic mass is 16.5. The smallest absolute Gasteiger partial charge is 0.184 e. The van der Waals surface area contributed by atoms with Gasteiger partial charge >= 0.3 is 0 Å². The van der Waals surface area contributed by atoms with E-state index in [0.29, 0.717) is 18.7 Å². The van der Waals surface area contributed by atoms with Crippen molar-refractivity contribution in [3.05, 3.63) is 42.0 Å². The number of nitrogens with two attached hydrogens (primary N) is 1. The molecule has 3 heteroatoms. The lowest BCUT2D eigenvalue weighted by atomic mass is 10.0. The van der Waals surface area contributed by atoms with E-state index in [1.165, 1.54) is 0 Å². The highest BCUT2D eigenvalue weighted by Crippen LogP contribution is 2.28. The molecule has 0 amide bonds. The fourth-order valence-electron chi connectivity index (χ4n) is 1.99. The van der Waals surface area contributed by atoms with E-state index in [1.54, 1.807) is 0 Å². The Balaban J connectivity index is 2.48. The van der Waals surface area contributed by atoms with Gasteiger partial charge in [0.25, 0.3) is 0 Å². The minimum atomic E-state index is -0.420. The molecular formula is C15H16N2O. The summed E-state index contributed by atoms with van der Waals surface area (Å²) in [7, 11) is 0. The van der Waals surface area contributed by atoms with Crippen molar-refractivity contribution < 1.29 is 4.74 Å². The number of fused-ring (bicyclic) bond motifs is 1. The van der Waals surface area contributed by atoms with E-state index in [4.69, 9.17) is 15.7 Å². The Labute approximate surface area is 107 Å². The van der Waals surface area contributed by atoms with Crippen LogP contribution < -0.4 is 10.5 Å². The van der Waals surface area contributed by atoms with Gasteiger partial charge in [0.2, 0.25) is 0 Å². The van der Waals surface area contributed by atoms with Crippen LogP contribution in [0, 0.1) is 11.3 Å². The van der Waals surface area contributed by atoms with Crippen LogP contribution in [-0.4, -0.2) is 6.10 Å². The molecule has 0 aromatic heterocycles. The largest absolute Gasteiger partial charge is 0.475 e. The van der Waals surface area contributed by atoms with Gasteiger partial charge < -0.3 is 10.5 Å². The van der Waals surface area contributed by atoms with Gasteiger partial charge in [-0.25, -0.2) is 0 Å². The standard InChI is InChI=1S/C15H16N2O/c1-2-12(9-16)18-15-8-7-11-5-3-4-6-13(11)14(15)10-17/h3-8,12H,2,10,17H2,1H3. The summed E-state index contributed by atoms with van der Waals surface area (Å²) < 4.78 is 5.70. The summed E-state index contributed by atoms with van der Waals surface area (Å²) in [5, 5.41) is 11.2. The molecule has 0 saturated carbocycles. The molecule has 1 unspecified atom stereocenters. The van der Waals surface area contributed by atoms with E-state index in [0.717, 1.165) is 16.3 Å². The van der Waals surface area contributed by atoms with Crippen molar-refractivity contribution in [2.24, 2.45) is 5.73 Å². The topological polar surface area (TPSA) is 59.0 Å². The molecule has 18 heavy (non-hydrogen) atoms. The van der Waals surface area contributed by atoms with Gasteiger partial charge in [-0.1, -0.05) is 37.3 Å². The van der Waals surface area contributed by atoms with Crippen molar-refractivity contribution in [2.75, 3.05) is 0 Å². The molecule has 2 aromatic rings. The zero-order chi connectivity index (χ0) is 13.0. The number of benzene rings is 2. The van der Waals surface area contributed by atoms with Gasteiger partial charge in [-0.3, -0.25) is 0 Å². The molecule has 92 valence electrons. The highest BCUT2D eigenvalue weighted by Gasteiger charge is 2.11. The van der Waals surface area contributed by atoms with Gasteiger partial charge in [-0.05, 0) is 23.3 Å². The molecule has 0 aliphatic heterocycles. The SMILES string of the molecule is CCC(C#N)Oc1ccc2ccccc2c1CN. The van der Waals surface area contributed by atoms with Gasteiger partial charge in [-0.15, -0.1) is 0 Å². The maximum absolute atomic E-state index is 8.96. The van der Waals surface area contributed by atoms with Crippen LogP contribution in [0.5, 0.6) is 5.75 Å². The number of rotatable bonds is 4. The van der Waals surface area contributed by atoms with Crippen LogP contribution >= 0.6 is 0 Å². The molecule has 2 aromatic carbocycles. The molecular weight excluding hydrogens is 224 g/mol. The zero-order valence-electron chi connectivity index (χ0n) is 10.4. The molecule has 0 heterocycles. The average molecular weight is 240 g/mol. The van der Waals surface area contributed by atoms with Crippen LogP contribution in [0.25, 0.3) is 10.8 Å². The Kier molecular flexibility index (Phi) is 3.81. The molecule has 2 rings (SSSR count). The summed E-state index contributed by atoms with van der Waals surface area (Å²) in [6.07, 6.45) is 0.240. The van der Waals surface area contributed by atoms with E-state index in [1.807, 2.05) is 43.3 Å². The second-order valence-electron chi connectivity index (χ2n) is 4.11.